The van der Waals surface area contributed by atoms with Gasteiger partial charge in [-0.1, -0.05) is 52.8 Å². The van der Waals surface area contributed by atoms with E-state index >= 15 is 0 Å². The number of hydrogen-bond acceptors (Lipinski definition) is 2. The highest BCUT2D eigenvalue weighted by Crippen LogP contribution is 2.67. The molecule has 0 spiro atoms. The van der Waals surface area contributed by atoms with Gasteiger partial charge in [0.1, 0.15) is 0 Å². The van der Waals surface area contributed by atoms with Crippen LogP contribution in [0.25, 0.3) is 0 Å². The maximum absolute atomic E-state index is 10.7. The lowest BCUT2D eigenvalue weighted by Crippen LogP contribution is -2.50. The van der Waals surface area contributed by atoms with Crippen molar-refractivity contribution < 1.29 is 10.2 Å². The lowest BCUT2D eigenvalue weighted by Gasteiger charge is -2.58. The Morgan fingerprint density at radius 3 is 2.53 bits per heavy atom. The number of allylic oxidation sites excluding steroid dienone is 1. The van der Waals surface area contributed by atoms with Crippen molar-refractivity contribution in [3.05, 3.63) is 23.8 Å². The van der Waals surface area contributed by atoms with Crippen molar-refractivity contribution in [1.29, 1.82) is 0 Å². The number of aliphatic hydroxyl groups is 2. The van der Waals surface area contributed by atoms with E-state index in [0.717, 1.165) is 48.5 Å². The van der Waals surface area contributed by atoms with Crippen LogP contribution in [0.5, 0.6) is 0 Å². The fraction of sp³-hybridized carbons (Fsp3) is 0.857. The normalized spacial score (nSPS) is 45.2. The highest BCUT2D eigenvalue weighted by Gasteiger charge is 2.59. The van der Waals surface area contributed by atoms with E-state index in [1.54, 1.807) is 5.57 Å². The third-order valence-corrected chi connectivity index (χ3v) is 10.6. The predicted molar refractivity (Wildman–Crippen MR) is 125 cm³/mol. The lowest BCUT2D eigenvalue weighted by molar-refractivity contribution is -0.0589. The van der Waals surface area contributed by atoms with E-state index in [0.29, 0.717) is 22.7 Å². The summed E-state index contributed by atoms with van der Waals surface area (Å²) in [6.07, 6.45) is 12.7. The Morgan fingerprint density at radius 2 is 1.83 bits per heavy atom. The van der Waals surface area contributed by atoms with Crippen LogP contribution in [0.1, 0.15) is 92.4 Å². The fourth-order valence-corrected chi connectivity index (χ4v) is 8.67. The van der Waals surface area contributed by atoms with Crippen LogP contribution in [0, 0.1) is 46.3 Å². The van der Waals surface area contributed by atoms with Crippen molar-refractivity contribution in [2.24, 2.45) is 46.3 Å². The molecular formula is C28H46O2. The summed E-state index contributed by atoms with van der Waals surface area (Å²) in [4.78, 5) is 0. The average Bonchev–Trinajstić information content (AvgIpc) is 3.05. The summed E-state index contributed by atoms with van der Waals surface area (Å²) in [5.74, 6) is 4.09. The fourth-order valence-electron chi connectivity index (χ4n) is 8.67. The molecule has 4 aliphatic rings. The molecule has 0 radical (unpaired) electrons. The summed E-state index contributed by atoms with van der Waals surface area (Å²) in [5.41, 5.74) is 3.33. The summed E-state index contributed by atoms with van der Waals surface area (Å²) in [5, 5.41) is 21.0. The molecular weight excluding hydrogens is 368 g/mol. The van der Waals surface area contributed by atoms with E-state index in [1.807, 2.05) is 0 Å². The second-order valence-corrected chi connectivity index (χ2v) is 12.3. The van der Waals surface area contributed by atoms with Gasteiger partial charge in [-0.25, -0.2) is 0 Å². The highest BCUT2D eigenvalue weighted by molar-refractivity contribution is 5.25. The first kappa shape index (κ1) is 22.6. The summed E-state index contributed by atoms with van der Waals surface area (Å²) < 4.78 is 0. The van der Waals surface area contributed by atoms with E-state index in [1.165, 1.54) is 38.5 Å². The van der Waals surface area contributed by atoms with E-state index in [-0.39, 0.29) is 12.2 Å². The topological polar surface area (TPSA) is 40.5 Å². The van der Waals surface area contributed by atoms with E-state index in [2.05, 4.69) is 47.3 Å². The highest BCUT2D eigenvalue weighted by atomic mass is 16.3. The molecule has 3 fully saturated rings. The molecule has 2 heteroatoms. The lowest BCUT2D eigenvalue weighted by atomic mass is 9.47. The molecule has 0 amide bonds. The van der Waals surface area contributed by atoms with E-state index in [9.17, 15) is 10.2 Å². The van der Waals surface area contributed by atoms with E-state index < -0.39 is 0 Å². The molecule has 2 nitrogen and oxygen atoms in total. The molecule has 0 aromatic heterocycles. The van der Waals surface area contributed by atoms with Gasteiger partial charge in [-0.3, -0.25) is 0 Å². The number of rotatable bonds is 5. The van der Waals surface area contributed by atoms with Gasteiger partial charge in [-0.2, -0.15) is 0 Å². The third kappa shape index (κ3) is 3.54. The summed E-state index contributed by atoms with van der Waals surface area (Å²) in [7, 11) is 0. The zero-order valence-electron chi connectivity index (χ0n) is 20.2. The second-order valence-electron chi connectivity index (χ2n) is 12.3. The third-order valence-electron chi connectivity index (χ3n) is 10.6. The molecule has 170 valence electrons. The number of hydrogen-bond donors (Lipinski definition) is 2. The van der Waals surface area contributed by atoms with Crippen LogP contribution in [-0.4, -0.2) is 22.4 Å². The second kappa shape index (κ2) is 8.07. The van der Waals surface area contributed by atoms with Crippen LogP contribution >= 0.6 is 0 Å². The van der Waals surface area contributed by atoms with Crippen molar-refractivity contribution in [2.75, 3.05) is 0 Å². The van der Waals surface area contributed by atoms with Gasteiger partial charge in [0, 0.05) is 0 Å². The van der Waals surface area contributed by atoms with Crippen molar-refractivity contribution >= 4 is 0 Å². The Morgan fingerprint density at radius 1 is 1.10 bits per heavy atom. The van der Waals surface area contributed by atoms with Crippen LogP contribution in [0.3, 0.4) is 0 Å². The summed E-state index contributed by atoms with van der Waals surface area (Å²) in [6, 6.07) is 0. The van der Waals surface area contributed by atoms with Gasteiger partial charge in [-0.05, 0) is 110 Å². The van der Waals surface area contributed by atoms with Crippen molar-refractivity contribution in [1.82, 2.24) is 0 Å². The molecule has 9 unspecified atom stereocenters. The first-order valence-electron chi connectivity index (χ1n) is 12.8. The van der Waals surface area contributed by atoms with Gasteiger partial charge in [-0.15, -0.1) is 0 Å². The Kier molecular flexibility index (Phi) is 6.08. The first-order chi connectivity index (χ1) is 14.1. The van der Waals surface area contributed by atoms with Crippen LogP contribution in [0.4, 0.5) is 0 Å². The molecule has 9 atom stereocenters. The summed E-state index contributed by atoms with van der Waals surface area (Å²) in [6.45, 7) is 16.0. The maximum Gasteiger partial charge on any atom is 0.0752 e. The monoisotopic (exact) mass is 414 g/mol. The van der Waals surface area contributed by atoms with Gasteiger partial charge in [0.05, 0.1) is 12.2 Å². The minimum atomic E-state index is -0.355. The van der Waals surface area contributed by atoms with Gasteiger partial charge in [0.25, 0.3) is 0 Å². The molecule has 0 aromatic carbocycles. The zero-order chi connectivity index (χ0) is 21.8. The zero-order valence-corrected chi connectivity index (χ0v) is 20.2. The van der Waals surface area contributed by atoms with E-state index in [4.69, 9.17) is 0 Å². The Balaban J connectivity index is 1.51. The molecule has 0 aliphatic heterocycles. The Bertz CT molecular complexity index is 693. The van der Waals surface area contributed by atoms with Gasteiger partial charge in [0.2, 0.25) is 0 Å². The van der Waals surface area contributed by atoms with Crippen molar-refractivity contribution in [2.45, 2.75) is 105 Å². The summed E-state index contributed by atoms with van der Waals surface area (Å²) >= 11 is 0. The molecule has 30 heavy (non-hydrogen) atoms. The smallest absolute Gasteiger partial charge is 0.0752 e. The average molecular weight is 415 g/mol. The number of aliphatic hydroxyl groups excluding tert-OH is 2. The first-order valence-corrected chi connectivity index (χ1v) is 12.8. The van der Waals surface area contributed by atoms with Crippen molar-refractivity contribution in [3.63, 3.8) is 0 Å². The van der Waals surface area contributed by atoms with Crippen LogP contribution in [0.15, 0.2) is 23.8 Å². The van der Waals surface area contributed by atoms with Gasteiger partial charge >= 0.3 is 0 Å². The molecule has 0 aromatic rings. The van der Waals surface area contributed by atoms with Gasteiger partial charge < -0.3 is 10.2 Å². The SMILES string of the molecule is C=C(C(C)C)C(O)CC(C)C1CCC2C3CC=C4CC(O)CCC4(C)C3CCC12C. The molecule has 0 heterocycles. The minimum absolute atomic E-state index is 0.113. The molecule has 3 saturated carbocycles. The van der Waals surface area contributed by atoms with Crippen LogP contribution < -0.4 is 0 Å². The molecule has 0 bridgehead atoms. The quantitative estimate of drug-likeness (QED) is 0.502. The molecule has 2 N–H and O–H groups in total. The van der Waals surface area contributed by atoms with Gasteiger partial charge in [0.15, 0.2) is 0 Å². The minimum Gasteiger partial charge on any atom is -0.393 e. The predicted octanol–water partition coefficient (Wildman–Crippen LogP) is 6.53. The van der Waals surface area contributed by atoms with Crippen molar-refractivity contribution in [3.8, 4) is 0 Å². The number of fused-ring (bicyclic) bond motifs is 5. The largest absolute Gasteiger partial charge is 0.393 e. The molecule has 4 aliphatic carbocycles. The molecule has 0 saturated heterocycles. The molecule has 4 rings (SSSR count). The maximum atomic E-state index is 10.7. The standard InChI is InChI=1S/C28H46O2/c1-17(2)19(4)26(30)15-18(3)23-9-10-24-22-8-7-20-16-21(29)11-13-27(20,5)25(22)12-14-28(23,24)6/h7,17-18,21-26,29-30H,4,8-16H2,1-3,5-6H3. The van der Waals surface area contributed by atoms with Crippen LogP contribution in [0.2, 0.25) is 0 Å². The van der Waals surface area contributed by atoms with Crippen LogP contribution in [-0.2, 0) is 0 Å². The Labute approximate surface area is 185 Å². The Hall–Kier alpha value is -0.600.